The third kappa shape index (κ3) is 4.92. The van der Waals surface area contributed by atoms with Crippen molar-refractivity contribution >= 4 is 11.8 Å². The predicted octanol–water partition coefficient (Wildman–Crippen LogP) is 2.42. The minimum Gasteiger partial charge on any atom is -0.369 e. The molecule has 25 heavy (non-hydrogen) atoms. The summed E-state index contributed by atoms with van der Waals surface area (Å²) in [7, 11) is 0. The molecule has 1 fully saturated rings. The van der Waals surface area contributed by atoms with Crippen LogP contribution in [0.4, 0.5) is 0 Å². The SMILES string of the molecule is O=C(NCCC1=CCCCC1)[C@@H]1COCC(=O)N1Cc1ccccc1. The summed E-state index contributed by atoms with van der Waals surface area (Å²) in [6, 6.07) is 9.19. The highest BCUT2D eigenvalue weighted by Gasteiger charge is 2.33. The first-order valence-electron chi connectivity index (χ1n) is 9.11. The van der Waals surface area contributed by atoms with Crippen LogP contribution in [-0.2, 0) is 20.9 Å². The van der Waals surface area contributed by atoms with Crippen LogP contribution in [0, 0.1) is 0 Å². The van der Waals surface area contributed by atoms with E-state index in [1.165, 1.54) is 18.4 Å². The first-order chi connectivity index (χ1) is 12.2. The van der Waals surface area contributed by atoms with Crippen LogP contribution in [-0.4, -0.2) is 42.5 Å². The molecular formula is C20H26N2O3. The van der Waals surface area contributed by atoms with Gasteiger partial charge in [0.1, 0.15) is 12.6 Å². The number of ether oxygens (including phenoxy) is 1. The molecule has 1 atom stereocenters. The Bertz CT molecular complexity index is 627. The Hall–Kier alpha value is -2.14. The Kier molecular flexibility index (Phi) is 6.23. The number of nitrogens with zero attached hydrogens (tertiary/aromatic N) is 1. The van der Waals surface area contributed by atoms with Crippen LogP contribution < -0.4 is 5.32 Å². The molecule has 0 saturated carbocycles. The van der Waals surface area contributed by atoms with Crippen molar-refractivity contribution < 1.29 is 14.3 Å². The lowest BCUT2D eigenvalue weighted by Gasteiger charge is -2.34. The van der Waals surface area contributed by atoms with Crippen molar-refractivity contribution in [3.05, 3.63) is 47.5 Å². The second kappa shape index (κ2) is 8.81. The number of benzene rings is 1. The number of allylic oxidation sites excluding steroid dienone is 1. The monoisotopic (exact) mass is 342 g/mol. The molecule has 5 heteroatoms. The number of nitrogens with one attached hydrogen (secondary N) is 1. The molecule has 0 spiro atoms. The molecule has 1 saturated heterocycles. The van der Waals surface area contributed by atoms with Crippen LogP contribution in [0.3, 0.4) is 0 Å². The van der Waals surface area contributed by atoms with Gasteiger partial charge in [-0.3, -0.25) is 9.59 Å². The van der Waals surface area contributed by atoms with E-state index in [0.29, 0.717) is 13.1 Å². The van der Waals surface area contributed by atoms with E-state index in [1.807, 2.05) is 30.3 Å². The number of rotatable bonds is 6. The van der Waals surface area contributed by atoms with Gasteiger partial charge in [0.05, 0.1) is 6.61 Å². The van der Waals surface area contributed by atoms with Crippen LogP contribution in [0.25, 0.3) is 0 Å². The van der Waals surface area contributed by atoms with Crippen molar-refractivity contribution in [3.63, 3.8) is 0 Å². The number of hydrogen-bond donors (Lipinski definition) is 1. The smallest absolute Gasteiger partial charge is 0.249 e. The maximum Gasteiger partial charge on any atom is 0.249 e. The lowest BCUT2D eigenvalue weighted by Crippen LogP contribution is -2.56. The van der Waals surface area contributed by atoms with E-state index in [9.17, 15) is 9.59 Å². The summed E-state index contributed by atoms with van der Waals surface area (Å²) < 4.78 is 5.32. The topological polar surface area (TPSA) is 58.6 Å². The Labute approximate surface area is 149 Å². The van der Waals surface area contributed by atoms with E-state index in [2.05, 4.69) is 11.4 Å². The van der Waals surface area contributed by atoms with Crippen molar-refractivity contribution in [2.24, 2.45) is 0 Å². The van der Waals surface area contributed by atoms with Crippen molar-refractivity contribution in [3.8, 4) is 0 Å². The van der Waals surface area contributed by atoms with Crippen LogP contribution in [0.5, 0.6) is 0 Å². The predicted molar refractivity (Wildman–Crippen MR) is 95.8 cm³/mol. The Morgan fingerprint density at radius 3 is 2.84 bits per heavy atom. The third-order valence-corrected chi connectivity index (χ3v) is 4.83. The number of carbonyl (C=O) groups is 2. The molecule has 0 radical (unpaired) electrons. The van der Waals surface area contributed by atoms with Crippen LogP contribution in [0.2, 0.25) is 0 Å². The maximum atomic E-state index is 12.6. The molecule has 3 rings (SSSR count). The standard InChI is InChI=1S/C20H26N2O3/c23-19-15-25-14-18(22(19)13-17-9-5-2-6-10-17)20(24)21-12-11-16-7-3-1-4-8-16/h2,5-7,9-10,18H,1,3-4,8,11-15H2,(H,21,24)/t18-/m0/s1. The first-order valence-corrected chi connectivity index (χ1v) is 9.11. The quantitative estimate of drug-likeness (QED) is 0.808. The summed E-state index contributed by atoms with van der Waals surface area (Å²) in [5, 5.41) is 2.98. The molecule has 1 aliphatic carbocycles. The van der Waals surface area contributed by atoms with E-state index in [1.54, 1.807) is 4.90 Å². The molecule has 5 nitrogen and oxygen atoms in total. The highest BCUT2D eigenvalue weighted by Crippen LogP contribution is 2.19. The van der Waals surface area contributed by atoms with Gasteiger partial charge in [0.25, 0.3) is 0 Å². The second-order valence-electron chi connectivity index (χ2n) is 6.69. The zero-order valence-corrected chi connectivity index (χ0v) is 14.6. The first kappa shape index (κ1) is 17.7. The fourth-order valence-corrected chi connectivity index (χ4v) is 3.40. The van der Waals surface area contributed by atoms with E-state index < -0.39 is 6.04 Å². The Morgan fingerprint density at radius 1 is 1.24 bits per heavy atom. The summed E-state index contributed by atoms with van der Waals surface area (Å²) >= 11 is 0. The summed E-state index contributed by atoms with van der Waals surface area (Å²) in [6.45, 7) is 1.36. The van der Waals surface area contributed by atoms with E-state index in [4.69, 9.17) is 4.74 Å². The van der Waals surface area contributed by atoms with Crippen molar-refractivity contribution in [2.45, 2.75) is 44.7 Å². The number of amides is 2. The fourth-order valence-electron chi connectivity index (χ4n) is 3.40. The molecule has 1 heterocycles. The molecule has 1 aromatic carbocycles. The van der Waals surface area contributed by atoms with Gasteiger partial charge in [-0.15, -0.1) is 0 Å². The average molecular weight is 342 g/mol. The maximum absolute atomic E-state index is 12.6. The molecule has 0 aromatic heterocycles. The zero-order chi connectivity index (χ0) is 17.5. The third-order valence-electron chi connectivity index (χ3n) is 4.83. The van der Waals surface area contributed by atoms with E-state index in [-0.39, 0.29) is 25.0 Å². The number of hydrogen-bond acceptors (Lipinski definition) is 3. The van der Waals surface area contributed by atoms with Gasteiger partial charge in [0.2, 0.25) is 11.8 Å². The highest BCUT2D eigenvalue weighted by atomic mass is 16.5. The molecule has 1 aromatic rings. The van der Waals surface area contributed by atoms with Crippen LogP contribution in [0.1, 0.15) is 37.7 Å². The fraction of sp³-hybridized carbons (Fsp3) is 0.500. The molecular weight excluding hydrogens is 316 g/mol. The van der Waals surface area contributed by atoms with Gasteiger partial charge in [-0.2, -0.15) is 0 Å². The van der Waals surface area contributed by atoms with Gasteiger partial charge in [-0.25, -0.2) is 0 Å². The summed E-state index contributed by atoms with van der Waals surface area (Å²) in [6.07, 6.45) is 8.00. The lowest BCUT2D eigenvalue weighted by molar-refractivity contribution is -0.155. The normalized spacial score (nSPS) is 21.0. The molecule has 2 aliphatic rings. The van der Waals surface area contributed by atoms with Crippen molar-refractivity contribution in [1.29, 1.82) is 0 Å². The Morgan fingerprint density at radius 2 is 2.08 bits per heavy atom. The van der Waals surface area contributed by atoms with Gasteiger partial charge in [0, 0.05) is 13.1 Å². The number of morpholine rings is 1. The zero-order valence-electron chi connectivity index (χ0n) is 14.6. The van der Waals surface area contributed by atoms with Crippen LogP contribution >= 0.6 is 0 Å². The highest BCUT2D eigenvalue weighted by molar-refractivity contribution is 5.89. The molecule has 2 amide bonds. The summed E-state index contributed by atoms with van der Waals surface area (Å²) in [4.78, 5) is 26.5. The molecule has 134 valence electrons. The van der Waals surface area contributed by atoms with Gasteiger partial charge >= 0.3 is 0 Å². The minimum absolute atomic E-state index is 0.0451. The molecule has 1 N–H and O–H groups in total. The van der Waals surface area contributed by atoms with Crippen molar-refractivity contribution in [1.82, 2.24) is 10.2 Å². The number of carbonyl (C=O) groups excluding carboxylic acids is 2. The van der Waals surface area contributed by atoms with Crippen molar-refractivity contribution in [2.75, 3.05) is 19.8 Å². The molecule has 0 unspecified atom stereocenters. The Balaban J connectivity index is 1.56. The summed E-state index contributed by atoms with van der Waals surface area (Å²) in [5.41, 5.74) is 2.45. The van der Waals surface area contributed by atoms with E-state index >= 15 is 0 Å². The minimum atomic E-state index is -0.554. The van der Waals surface area contributed by atoms with E-state index in [0.717, 1.165) is 24.8 Å². The van der Waals surface area contributed by atoms with Crippen LogP contribution in [0.15, 0.2) is 42.0 Å². The van der Waals surface area contributed by atoms with Gasteiger partial charge < -0.3 is 15.0 Å². The molecule has 0 bridgehead atoms. The van der Waals surface area contributed by atoms with Gasteiger partial charge in [-0.05, 0) is 37.7 Å². The van der Waals surface area contributed by atoms with Gasteiger partial charge in [0.15, 0.2) is 0 Å². The largest absolute Gasteiger partial charge is 0.369 e. The molecule has 1 aliphatic heterocycles. The second-order valence-corrected chi connectivity index (χ2v) is 6.69. The summed E-state index contributed by atoms with van der Waals surface area (Å²) in [5.74, 6) is -0.259. The lowest BCUT2D eigenvalue weighted by atomic mass is 9.97. The van der Waals surface area contributed by atoms with Gasteiger partial charge in [-0.1, -0.05) is 42.0 Å². The average Bonchev–Trinajstić information content (AvgIpc) is 2.65.